The van der Waals surface area contributed by atoms with Crippen LogP contribution in [0.4, 0.5) is 0 Å². The first-order valence-electron chi connectivity index (χ1n) is 18.5. The number of benzene rings is 6. The summed E-state index contributed by atoms with van der Waals surface area (Å²) in [6.45, 7) is 0. The molecule has 0 bridgehead atoms. The highest BCUT2D eigenvalue weighted by molar-refractivity contribution is 5.98. The van der Waals surface area contributed by atoms with Gasteiger partial charge >= 0.3 is 0 Å². The number of aromatic nitrogens is 1. The van der Waals surface area contributed by atoms with Gasteiger partial charge in [-0.3, -0.25) is 0 Å². The first kappa shape index (κ1) is 33.3. The van der Waals surface area contributed by atoms with E-state index in [1.807, 2.05) is 54.6 Å². The Kier molecular flexibility index (Phi) is 8.89. The maximum atomic E-state index is 7.20. The molecule has 5 heteroatoms. The molecule has 0 aliphatic carbocycles. The molecule has 2 aliphatic rings. The Hall–Kier alpha value is -6.59. The van der Waals surface area contributed by atoms with Gasteiger partial charge < -0.3 is 9.47 Å². The van der Waals surface area contributed by atoms with Crippen molar-refractivity contribution in [3.8, 4) is 0 Å². The molecule has 0 saturated heterocycles. The van der Waals surface area contributed by atoms with E-state index in [-0.39, 0.29) is 12.1 Å². The van der Waals surface area contributed by atoms with Crippen molar-refractivity contribution in [3.63, 3.8) is 0 Å². The maximum absolute atomic E-state index is 7.20. The highest BCUT2D eigenvalue weighted by atomic mass is 16.5. The molecule has 0 spiro atoms. The summed E-state index contributed by atoms with van der Waals surface area (Å²) >= 11 is 0. The van der Waals surface area contributed by atoms with E-state index in [1.165, 1.54) is 11.1 Å². The van der Waals surface area contributed by atoms with Crippen LogP contribution in [0.5, 0.6) is 0 Å². The molecule has 5 nitrogen and oxygen atoms in total. The first-order valence-corrected chi connectivity index (χ1v) is 18.5. The van der Waals surface area contributed by atoms with Crippen molar-refractivity contribution in [2.45, 2.75) is 36.1 Å². The van der Waals surface area contributed by atoms with Gasteiger partial charge in [0.15, 0.2) is 11.2 Å². The molecule has 262 valence electrons. The zero-order chi connectivity index (χ0) is 36.2. The summed E-state index contributed by atoms with van der Waals surface area (Å²) in [5, 5.41) is 0. The highest BCUT2D eigenvalue weighted by Crippen LogP contribution is 2.46. The molecule has 0 saturated carbocycles. The van der Waals surface area contributed by atoms with Gasteiger partial charge in [-0.25, -0.2) is 15.0 Å². The third kappa shape index (κ3) is 6.08. The predicted octanol–water partition coefficient (Wildman–Crippen LogP) is 9.75. The summed E-state index contributed by atoms with van der Waals surface area (Å²) in [4.78, 5) is 16.0. The fourth-order valence-electron chi connectivity index (χ4n) is 8.00. The summed E-state index contributed by atoms with van der Waals surface area (Å²) < 4.78 is 14.4. The van der Waals surface area contributed by atoms with E-state index < -0.39 is 11.2 Å². The molecular formula is C49H39N3O2. The minimum atomic E-state index is -0.872. The Morgan fingerprint density at radius 3 is 0.963 bits per heavy atom. The molecule has 2 unspecified atom stereocenters. The lowest BCUT2D eigenvalue weighted by atomic mass is 9.78. The number of aliphatic imine (C=N–C) groups is 2. The van der Waals surface area contributed by atoms with Crippen molar-refractivity contribution < 1.29 is 9.47 Å². The van der Waals surface area contributed by atoms with Crippen LogP contribution in [0.1, 0.15) is 44.8 Å². The van der Waals surface area contributed by atoms with Crippen LogP contribution in [0.3, 0.4) is 0 Å². The third-order valence-corrected chi connectivity index (χ3v) is 10.5. The molecule has 0 fully saturated rings. The largest absolute Gasteiger partial charge is 0.458 e. The van der Waals surface area contributed by atoms with Crippen LogP contribution < -0.4 is 0 Å². The molecule has 2 atom stereocenters. The smallest absolute Gasteiger partial charge is 0.237 e. The molecule has 6 aromatic carbocycles. The second-order valence-corrected chi connectivity index (χ2v) is 13.8. The summed E-state index contributed by atoms with van der Waals surface area (Å²) in [5.74, 6) is 0.976. The molecule has 7 aromatic rings. The number of ether oxygens (including phenoxy) is 2. The summed E-state index contributed by atoms with van der Waals surface area (Å²) in [6.07, 6.45) is 1.36. The van der Waals surface area contributed by atoms with Crippen LogP contribution in [0.2, 0.25) is 0 Å². The lowest BCUT2D eigenvalue weighted by molar-refractivity contribution is 0.0969. The van der Waals surface area contributed by atoms with E-state index in [0.717, 1.165) is 22.3 Å². The van der Waals surface area contributed by atoms with Crippen LogP contribution >= 0.6 is 0 Å². The molecule has 9 rings (SSSR count). The molecule has 0 radical (unpaired) electrons. The second kappa shape index (κ2) is 14.4. The lowest BCUT2D eigenvalue weighted by Crippen LogP contribution is -2.40. The van der Waals surface area contributed by atoms with Gasteiger partial charge in [-0.1, -0.05) is 188 Å². The average molecular weight is 702 g/mol. The van der Waals surface area contributed by atoms with E-state index >= 15 is 0 Å². The fraction of sp³-hybridized carbons (Fsp3) is 0.122. The van der Waals surface area contributed by atoms with Gasteiger partial charge in [0.05, 0.1) is 0 Å². The molecular weight excluding hydrogens is 663 g/mol. The second-order valence-electron chi connectivity index (χ2n) is 13.8. The Morgan fingerprint density at radius 1 is 0.352 bits per heavy atom. The van der Waals surface area contributed by atoms with Gasteiger partial charge in [-0.05, 0) is 36.1 Å². The van der Waals surface area contributed by atoms with Crippen molar-refractivity contribution in [1.82, 2.24) is 4.98 Å². The molecule has 0 N–H and O–H groups in total. The maximum Gasteiger partial charge on any atom is 0.237 e. The standard InChI is InChI=1S/C49H39N3O2/c1-7-20-36(21-8-1)34-44-48(38-24-11-3-12-25-38,39-26-13-4-14-27-39)53-46(51-44)42-32-19-33-43(50-42)47-52-45(35-37-22-9-2-10-23-37)49(54-47,40-28-15-5-16-29-40)41-30-17-6-18-31-41/h1-33,44-45H,34-35H2. The Balaban J connectivity index is 1.15. The normalized spacial score (nSPS) is 18.2. The summed E-state index contributed by atoms with van der Waals surface area (Å²) in [6, 6.07) is 68.1. The van der Waals surface area contributed by atoms with Crippen molar-refractivity contribution in [2.75, 3.05) is 0 Å². The number of nitrogens with zero attached hydrogens (tertiary/aromatic N) is 3. The highest BCUT2D eigenvalue weighted by Gasteiger charge is 2.52. The quantitative estimate of drug-likeness (QED) is 0.143. The van der Waals surface area contributed by atoms with E-state index in [2.05, 4.69) is 146 Å². The Labute approximate surface area is 316 Å². The van der Waals surface area contributed by atoms with Crippen LogP contribution in [0.25, 0.3) is 0 Å². The van der Waals surface area contributed by atoms with Crippen LogP contribution in [0.15, 0.2) is 210 Å². The summed E-state index contributed by atoms with van der Waals surface area (Å²) in [5.41, 5.74) is 6.03. The van der Waals surface area contributed by atoms with E-state index in [0.29, 0.717) is 36.0 Å². The van der Waals surface area contributed by atoms with E-state index in [9.17, 15) is 0 Å². The monoisotopic (exact) mass is 701 g/mol. The van der Waals surface area contributed by atoms with E-state index in [4.69, 9.17) is 24.4 Å². The van der Waals surface area contributed by atoms with Crippen molar-refractivity contribution >= 4 is 11.8 Å². The zero-order valence-electron chi connectivity index (χ0n) is 29.8. The minimum Gasteiger partial charge on any atom is -0.458 e. The van der Waals surface area contributed by atoms with Gasteiger partial charge in [-0.2, -0.15) is 0 Å². The third-order valence-electron chi connectivity index (χ3n) is 10.5. The SMILES string of the molecule is c1ccc(CC2N=C(c3cccc(C4=NC(Cc5ccccc5)C(c5ccccc5)(c5ccccc5)O4)n3)OC2(c2ccccc2)c2ccccc2)cc1. The van der Waals surface area contributed by atoms with Gasteiger partial charge in [0.1, 0.15) is 23.5 Å². The minimum absolute atomic E-state index is 0.260. The van der Waals surface area contributed by atoms with Crippen molar-refractivity contribution in [2.24, 2.45) is 9.98 Å². The molecule has 2 aliphatic heterocycles. The van der Waals surface area contributed by atoms with Gasteiger partial charge in [0, 0.05) is 22.3 Å². The zero-order valence-corrected chi connectivity index (χ0v) is 29.8. The average Bonchev–Trinajstić information content (AvgIpc) is 3.83. The topological polar surface area (TPSA) is 56.1 Å². The van der Waals surface area contributed by atoms with Crippen LogP contribution in [0, 0.1) is 0 Å². The van der Waals surface area contributed by atoms with E-state index in [1.54, 1.807) is 0 Å². The number of hydrogen-bond donors (Lipinski definition) is 0. The molecule has 3 heterocycles. The predicted molar refractivity (Wildman–Crippen MR) is 215 cm³/mol. The molecule has 54 heavy (non-hydrogen) atoms. The molecule has 0 amide bonds. The number of rotatable bonds is 10. The van der Waals surface area contributed by atoms with Crippen LogP contribution in [-0.4, -0.2) is 28.9 Å². The first-order chi connectivity index (χ1) is 26.7. The number of pyridine rings is 1. The van der Waals surface area contributed by atoms with Gasteiger partial charge in [0.25, 0.3) is 0 Å². The van der Waals surface area contributed by atoms with Gasteiger partial charge in [-0.15, -0.1) is 0 Å². The lowest BCUT2D eigenvalue weighted by Gasteiger charge is -2.35. The number of hydrogen-bond acceptors (Lipinski definition) is 5. The molecule has 1 aromatic heterocycles. The Bertz CT molecular complexity index is 2140. The Morgan fingerprint density at radius 2 is 0.648 bits per heavy atom. The fourth-order valence-corrected chi connectivity index (χ4v) is 8.00. The van der Waals surface area contributed by atoms with Crippen molar-refractivity contribution in [3.05, 3.63) is 245 Å². The van der Waals surface area contributed by atoms with Crippen molar-refractivity contribution in [1.29, 1.82) is 0 Å². The van der Waals surface area contributed by atoms with Gasteiger partial charge in [0.2, 0.25) is 11.8 Å². The van der Waals surface area contributed by atoms with Crippen LogP contribution in [-0.2, 0) is 33.5 Å². The summed E-state index contributed by atoms with van der Waals surface area (Å²) in [7, 11) is 0.